The number of nitrogens with one attached hydrogen (secondary N) is 2. The molecular formula is C11H18N4O3S. The Hall–Kier alpha value is -1.67. The summed E-state index contributed by atoms with van der Waals surface area (Å²) >= 11 is 0. The SMILES string of the molecule is CC(C)(CNC(=O)c1ccc(N)cn1)NS(C)(=O)=O. The first-order valence-corrected chi connectivity index (χ1v) is 7.47. The van der Waals surface area contributed by atoms with Crippen molar-refractivity contribution in [1.29, 1.82) is 0 Å². The molecule has 1 aromatic rings. The summed E-state index contributed by atoms with van der Waals surface area (Å²) in [5.41, 5.74) is 5.38. The van der Waals surface area contributed by atoms with Gasteiger partial charge in [0.25, 0.3) is 5.91 Å². The van der Waals surface area contributed by atoms with Crippen LogP contribution in [0, 0.1) is 0 Å². The van der Waals surface area contributed by atoms with Gasteiger partial charge in [-0.1, -0.05) is 0 Å². The molecule has 0 spiro atoms. The number of pyridine rings is 1. The maximum Gasteiger partial charge on any atom is 0.269 e. The average Bonchev–Trinajstić information content (AvgIpc) is 2.24. The zero-order chi connectivity index (χ0) is 14.7. The molecule has 4 N–H and O–H groups in total. The van der Waals surface area contributed by atoms with Gasteiger partial charge in [0.05, 0.1) is 18.1 Å². The van der Waals surface area contributed by atoms with E-state index >= 15 is 0 Å². The Morgan fingerprint density at radius 1 is 1.42 bits per heavy atom. The van der Waals surface area contributed by atoms with Crippen molar-refractivity contribution in [2.75, 3.05) is 18.5 Å². The van der Waals surface area contributed by atoms with E-state index in [4.69, 9.17) is 5.73 Å². The second kappa shape index (κ2) is 5.54. The number of rotatable bonds is 5. The molecule has 1 amide bonds. The quantitative estimate of drug-likeness (QED) is 0.689. The minimum absolute atomic E-state index is 0.144. The fourth-order valence-corrected chi connectivity index (χ4v) is 2.55. The van der Waals surface area contributed by atoms with Crippen molar-refractivity contribution in [3.05, 3.63) is 24.0 Å². The number of amides is 1. The molecule has 0 radical (unpaired) electrons. The third-order valence-corrected chi connectivity index (χ3v) is 3.09. The largest absolute Gasteiger partial charge is 0.397 e. The van der Waals surface area contributed by atoms with E-state index in [1.807, 2.05) is 0 Å². The summed E-state index contributed by atoms with van der Waals surface area (Å²) in [6.07, 6.45) is 2.45. The van der Waals surface area contributed by atoms with E-state index in [-0.39, 0.29) is 18.1 Å². The molecule has 0 aromatic carbocycles. The Balaban J connectivity index is 2.61. The molecule has 0 saturated carbocycles. The van der Waals surface area contributed by atoms with Crippen molar-refractivity contribution in [1.82, 2.24) is 15.0 Å². The highest BCUT2D eigenvalue weighted by Crippen LogP contribution is 2.04. The van der Waals surface area contributed by atoms with Gasteiger partial charge in [0.15, 0.2) is 0 Å². The predicted molar refractivity (Wildman–Crippen MR) is 73.0 cm³/mol. The molecule has 1 aromatic heterocycles. The maximum absolute atomic E-state index is 11.8. The molecule has 1 heterocycles. The Morgan fingerprint density at radius 2 is 2.05 bits per heavy atom. The number of nitrogens with zero attached hydrogens (tertiary/aromatic N) is 1. The number of nitrogens with two attached hydrogens (primary N) is 1. The number of hydrogen-bond donors (Lipinski definition) is 3. The van der Waals surface area contributed by atoms with Crippen molar-refractivity contribution in [3.8, 4) is 0 Å². The molecule has 0 aliphatic rings. The van der Waals surface area contributed by atoms with Crippen LogP contribution in [0.3, 0.4) is 0 Å². The molecular weight excluding hydrogens is 268 g/mol. The van der Waals surface area contributed by atoms with Crippen molar-refractivity contribution < 1.29 is 13.2 Å². The molecule has 19 heavy (non-hydrogen) atoms. The van der Waals surface area contributed by atoms with E-state index in [0.717, 1.165) is 6.26 Å². The molecule has 0 bridgehead atoms. The van der Waals surface area contributed by atoms with E-state index in [0.29, 0.717) is 5.69 Å². The summed E-state index contributed by atoms with van der Waals surface area (Å²) in [5.74, 6) is -0.386. The first kappa shape index (κ1) is 15.4. The lowest BCUT2D eigenvalue weighted by Crippen LogP contribution is -2.51. The molecule has 0 saturated heterocycles. The van der Waals surface area contributed by atoms with E-state index in [2.05, 4.69) is 15.0 Å². The Bertz CT molecular complexity index is 552. The van der Waals surface area contributed by atoms with Crippen molar-refractivity contribution in [2.45, 2.75) is 19.4 Å². The average molecular weight is 286 g/mol. The number of nitrogen functional groups attached to an aromatic ring is 1. The molecule has 8 heteroatoms. The molecule has 0 atom stereocenters. The molecule has 106 valence electrons. The van der Waals surface area contributed by atoms with E-state index in [1.165, 1.54) is 12.3 Å². The fraction of sp³-hybridized carbons (Fsp3) is 0.455. The van der Waals surface area contributed by atoms with Gasteiger partial charge in [0.1, 0.15) is 5.69 Å². The second-order valence-electron chi connectivity index (χ2n) is 4.92. The van der Waals surface area contributed by atoms with Gasteiger partial charge < -0.3 is 11.1 Å². The van der Waals surface area contributed by atoms with Crippen LogP contribution >= 0.6 is 0 Å². The number of anilines is 1. The molecule has 7 nitrogen and oxygen atoms in total. The zero-order valence-corrected chi connectivity index (χ0v) is 11.9. The Labute approximate surface area is 112 Å². The third-order valence-electron chi connectivity index (χ3n) is 2.17. The lowest BCUT2D eigenvalue weighted by Gasteiger charge is -2.25. The maximum atomic E-state index is 11.8. The van der Waals surface area contributed by atoms with Crippen LogP contribution in [-0.2, 0) is 10.0 Å². The Morgan fingerprint density at radius 3 is 2.53 bits per heavy atom. The topological polar surface area (TPSA) is 114 Å². The minimum Gasteiger partial charge on any atom is -0.397 e. The van der Waals surface area contributed by atoms with Crippen LogP contribution in [0.25, 0.3) is 0 Å². The molecule has 0 fully saturated rings. The standard InChI is InChI=1S/C11H18N4O3S/c1-11(2,15-19(3,17)18)7-14-10(16)9-5-4-8(12)6-13-9/h4-6,15H,7,12H2,1-3H3,(H,14,16). The first-order valence-electron chi connectivity index (χ1n) is 5.58. The smallest absolute Gasteiger partial charge is 0.269 e. The van der Waals surface area contributed by atoms with Crippen LogP contribution < -0.4 is 15.8 Å². The summed E-state index contributed by atoms with van der Waals surface area (Å²) in [5, 5.41) is 2.61. The van der Waals surface area contributed by atoms with Gasteiger partial charge in [0.2, 0.25) is 10.0 Å². The van der Waals surface area contributed by atoms with Gasteiger partial charge in [0, 0.05) is 12.1 Å². The lowest BCUT2D eigenvalue weighted by atomic mass is 10.1. The monoisotopic (exact) mass is 286 g/mol. The number of carbonyl (C=O) groups excluding carboxylic acids is 1. The highest BCUT2D eigenvalue weighted by Gasteiger charge is 2.23. The molecule has 1 rings (SSSR count). The van der Waals surface area contributed by atoms with Gasteiger partial charge in [-0.2, -0.15) is 0 Å². The van der Waals surface area contributed by atoms with E-state index < -0.39 is 15.6 Å². The van der Waals surface area contributed by atoms with Crippen LogP contribution in [-0.4, -0.2) is 37.6 Å². The zero-order valence-electron chi connectivity index (χ0n) is 11.1. The first-order chi connectivity index (χ1) is 8.59. The van der Waals surface area contributed by atoms with Gasteiger partial charge in [-0.3, -0.25) is 4.79 Å². The molecule has 0 aliphatic heterocycles. The van der Waals surface area contributed by atoms with E-state index in [9.17, 15) is 13.2 Å². The lowest BCUT2D eigenvalue weighted by molar-refractivity contribution is 0.0939. The van der Waals surface area contributed by atoms with Gasteiger partial charge >= 0.3 is 0 Å². The summed E-state index contributed by atoms with van der Waals surface area (Å²) in [7, 11) is -3.33. The summed E-state index contributed by atoms with van der Waals surface area (Å²) in [4.78, 5) is 15.7. The van der Waals surface area contributed by atoms with Crippen LogP contribution in [0.1, 0.15) is 24.3 Å². The van der Waals surface area contributed by atoms with Crippen molar-refractivity contribution in [3.63, 3.8) is 0 Å². The van der Waals surface area contributed by atoms with Crippen LogP contribution in [0.2, 0.25) is 0 Å². The number of hydrogen-bond acceptors (Lipinski definition) is 5. The predicted octanol–water partition coefficient (Wildman–Crippen LogP) is -0.279. The summed E-state index contributed by atoms with van der Waals surface area (Å²) in [6.45, 7) is 3.49. The van der Waals surface area contributed by atoms with Crippen LogP contribution in [0.4, 0.5) is 5.69 Å². The highest BCUT2D eigenvalue weighted by molar-refractivity contribution is 7.88. The number of carbonyl (C=O) groups is 1. The Kier molecular flexibility index (Phi) is 4.48. The van der Waals surface area contributed by atoms with Gasteiger partial charge in [-0.25, -0.2) is 18.1 Å². The number of sulfonamides is 1. The highest BCUT2D eigenvalue weighted by atomic mass is 32.2. The second-order valence-corrected chi connectivity index (χ2v) is 6.67. The summed E-state index contributed by atoms with van der Waals surface area (Å²) < 4.78 is 24.7. The van der Waals surface area contributed by atoms with Gasteiger partial charge in [-0.15, -0.1) is 0 Å². The number of aromatic nitrogens is 1. The minimum atomic E-state index is -3.33. The van der Waals surface area contributed by atoms with Crippen molar-refractivity contribution >= 4 is 21.6 Å². The van der Waals surface area contributed by atoms with Crippen LogP contribution in [0.5, 0.6) is 0 Å². The summed E-state index contributed by atoms with van der Waals surface area (Å²) in [6, 6.07) is 3.07. The van der Waals surface area contributed by atoms with Gasteiger partial charge in [-0.05, 0) is 26.0 Å². The molecule has 0 unspecified atom stereocenters. The van der Waals surface area contributed by atoms with Crippen LogP contribution in [0.15, 0.2) is 18.3 Å². The van der Waals surface area contributed by atoms with Crippen molar-refractivity contribution in [2.24, 2.45) is 0 Å². The third kappa shape index (κ3) is 5.66. The van der Waals surface area contributed by atoms with E-state index in [1.54, 1.807) is 19.9 Å². The molecule has 0 aliphatic carbocycles. The fourth-order valence-electron chi connectivity index (χ4n) is 1.47. The normalized spacial score (nSPS) is 12.2.